The standard InChI is InChI=1S/C19H27F3N2O2/c1-14(25)23-9-7-17(8-10-23)24(13-18(2,3)26)12-15-5-4-6-16(11-15)19(20,21)22/h4-6,11,17,26H,7-10,12-13H2,1-3H3. The van der Waals surface area contributed by atoms with E-state index in [4.69, 9.17) is 0 Å². The van der Waals surface area contributed by atoms with Gasteiger partial charge in [0.1, 0.15) is 0 Å². The second kappa shape index (κ2) is 7.96. The van der Waals surface area contributed by atoms with E-state index in [9.17, 15) is 23.1 Å². The van der Waals surface area contributed by atoms with Crippen molar-refractivity contribution in [2.24, 2.45) is 0 Å². The van der Waals surface area contributed by atoms with Crippen LogP contribution in [-0.4, -0.2) is 52.1 Å². The lowest BCUT2D eigenvalue weighted by Crippen LogP contribution is -2.49. The molecule has 0 atom stereocenters. The molecular formula is C19H27F3N2O2. The van der Waals surface area contributed by atoms with Crippen molar-refractivity contribution in [2.45, 2.75) is 58.0 Å². The SMILES string of the molecule is CC(=O)N1CCC(N(Cc2cccc(C(F)(F)F)c2)CC(C)(C)O)CC1. The van der Waals surface area contributed by atoms with Crippen LogP contribution in [0.2, 0.25) is 0 Å². The lowest BCUT2D eigenvalue weighted by atomic mass is 9.99. The van der Waals surface area contributed by atoms with Crippen molar-refractivity contribution >= 4 is 5.91 Å². The van der Waals surface area contributed by atoms with Crippen molar-refractivity contribution in [1.29, 1.82) is 0 Å². The van der Waals surface area contributed by atoms with Gasteiger partial charge in [0.2, 0.25) is 5.91 Å². The third-order valence-corrected chi connectivity index (χ3v) is 4.66. The minimum atomic E-state index is -4.37. The van der Waals surface area contributed by atoms with Crippen LogP contribution < -0.4 is 0 Å². The molecule has 1 N–H and O–H groups in total. The number of hydrogen-bond donors (Lipinski definition) is 1. The van der Waals surface area contributed by atoms with E-state index in [1.54, 1.807) is 24.8 Å². The summed E-state index contributed by atoms with van der Waals surface area (Å²) >= 11 is 0. The van der Waals surface area contributed by atoms with Gasteiger partial charge >= 0.3 is 6.18 Å². The summed E-state index contributed by atoms with van der Waals surface area (Å²) in [5.74, 6) is 0.0374. The van der Waals surface area contributed by atoms with Crippen molar-refractivity contribution in [3.8, 4) is 0 Å². The first-order valence-electron chi connectivity index (χ1n) is 8.84. The summed E-state index contributed by atoms with van der Waals surface area (Å²) in [4.78, 5) is 15.3. The average Bonchev–Trinajstić information content (AvgIpc) is 2.52. The van der Waals surface area contributed by atoms with Gasteiger partial charge in [0.25, 0.3) is 0 Å². The lowest BCUT2D eigenvalue weighted by molar-refractivity contribution is -0.137. The summed E-state index contributed by atoms with van der Waals surface area (Å²) in [6.45, 7) is 6.87. The number of likely N-dealkylation sites (tertiary alicyclic amines) is 1. The normalized spacial score (nSPS) is 17.0. The van der Waals surface area contributed by atoms with Crippen LogP contribution in [0.1, 0.15) is 44.7 Å². The van der Waals surface area contributed by atoms with Crippen molar-refractivity contribution in [3.05, 3.63) is 35.4 Å². The first-order chi connectivity index (χ1) is 12.0. The molecule has 1 aliphatic rings. The van der Waals surface area contributed by atoms with Crippen LogP contribution in [0.5, 0.6) is 0 Å². The number of rotatable bonds is 5. The van der Waals surface area contributed by atoms with E-state index in [1.807, 2.05) is 4.90 Å². The third kappa shape index (κ3) is 5.99. The Balaban J connectivity index is 2.14. The van der Waals surface area contributed by atoms with Crippen molar-refractivity contribution in [3.63, 3.8) is 0 Å². The maximum absolute atomic E-state index is 13.0. The van der Waals surface area contributed by atoms with Crippen LogP contribution in [0.3, 0.4) is 0 Å². The summed E-state index contributed by atoms with van der Waals surface area (Å²) in [6.07, 6.45) is -2.88. The highest BCUT2D eigenvalue weighted by Gasteiger charge is 2.32. The van der Waals surface area contributed by atoms with E-state index in [0.29, 0.717) is 31.7 Å². The van der Waals surface area contributed by atoms with E-state index >= 15 is 0 Å². The molecule has 2 rings (SSSR count). The third-order valence-electron chi connectivity index (χ3n) is 4.66. The Labute approximate surface area is 152 Å². The molecular weight excluding hydrogens is 345 g/mol. The number of hydrogen-bond acceptors (Lipinski definition) is 3. The van der Waals surface area contributed by atoms with E-state index in [1.165, 1.54) is 19.1 Å². The molecule has 0 aromatic heterocycles. The molecule has 1 saturated heterocycles. The number of alkyl halides is 3. The smallest absolute Gasteiger partial charge is 0.389 e. The monoisotopic (exact) mass is 372 g/mol. The van der Waals surface area contributed by atoms with Crippen LogP contribution in [0.4, 0.5) is 13.2 Å². The van der Waals surface area contributed by atoms with Gasteiger partial charge in [-0.05, 0) is 38.3 Å². The van der Waals surface area contributed by atoms with Crippen LogP contribution in [0, 0.1) is 0 Å². The summed E-state index contributed by atoms with van der Waals surface area (Å²) in [7, 11) is 0. The molecule has 0 unspecified atom stereocenters. The highest BCUT2D eigenvalue weighted by atomic mass is 19.4. The maximum Gasteiger partial charge on any atom is 0.416 e. The fourth-order valence-corrected chi connectivity index (χ4v) is 3.44. The van der Waals surface area contributed by atoms with Gasteiger partial charge in [0, 0.05) is 39.1 Å². The quantitative estimate of drug-likeness (QED) is 0.863. The fourth-order valence-electron chi connectivity index (χ4n) is 3.44. The van der Waals surface area contributed by atoms with Crippen molar-refractivity contribution < 1.29 is 23.1 Å². The zero-order valence-electron chi connectivity index (χ0n) is 15.5. The van der Waals surface area contributed by atoms with Gasteiger partial charge in [0.15, 0.2) is 0 Å². The Hall–Kier alpha value is -1.60. The molecule has 146 valence electrons. The van der Waals surface area contributed by atoms with Gasteiger partial charge in [0.05, 0.1) is 11.2 Å². The molecule has 7 heteroatoms. The number of nitrogens with zero attached hydrogens (tertiary/aromatic N) is 2. The molecule has 0 aliphatic carbocycles. The van der Waals surface area contributed by atoms with E-state index in [2.05, 4.69) is 0 Å². The molecule has 4 nitrogen and oxygen atoms in total. The lowest BCUT2D eigenvalue weighted by Gasteiger charge is -2.40. The molecule has 26 heavy (non-hydrogen) atoms. The predicted octanol–water partition coefficient (Wildman–Crippen LogP) is 3.29. The Morgan fingerprint density at radius 3 is 2.38 bits per heavy atom. The van der Waals surface area contributed by atoms with Gasteiger partial charge in [-0.25, -0.2) is 0 Å². The zero-order valence-corrected chi connectivity index (χ0v) is 15.5. The number of aliphatic hydroxyl groups is 1. The van der Waals surface area contributed by atoms with Crippen molar-refractivity contribution in [2.75, 3.05) is 19.6 Å². The topological polar surface area (TPSA) is 43.8 Å². The second-order valence-electron chi connectivity index (χ2n) is 7.65. The number of benzene rings is 1. The minimum absolute atomic E-state index is 0.0374. The maximum atomic E-state index is 13.0. The molecule has 1 aromatic rings. The van der Waals surface area contributed by atoms with Gasteiger partial charge < -0.3 is 10.0 Å². The Kier molecular flexibility index (Phi) is 6.34. The number of carbonyl (C=O) groups is 1. The van der Waals surface area contributed by atoms with Crippen LogP contribution in [0.25, 0.3) is 0 Å². The molecule has 1 heterocycles. The first-order valence-corrected chi connectivity index (χ1v) is 8.84. The predicted molar refractivity (Wildman–Crippen MR) is 93.4 cm³/mol. The highest BCUT2D eigenvalue weighted by molar-refractivity contribution is 5.73. The van der Waals surface area contributed by atoms with Gasteiger partial charge in [-0.1, -0.05) is 18.2 Å². The number of piperidine rings is 1. The molecule has 0 bridgehead atoms. The molecule has 0 spiro atoms. The largest absolute Gasteiger partial charge is 0.416 e. The Morgan fingerprint density at radius 1 is 1.27 bits per heavy atom. The molecule has 1 amide bonds. The van der Waals surface area contributed by atoms with Crippen LogP contribution in [0.15, 0.2) is 24.3 Å². The summed E-state index contributed by atoms with van der Waals surface area (Å²) in [6, 6.07) is 5.44. The van der Waals surface area contributed by atoms with E-state index in [-0.39, 0.29) is 11.9 Å². The van der Waals surface area contributed by atoms with Gasteiger partial charge in [-0.2, -0.15) is 13.2 Å². The Bertz CT molecular complexity index is 618. The summed E-state index contributed by atoms with van der Waals surface area (Å²) in [5, 5.41) is 10.2. The van der Waals surface area contributed by atoms with Crippen LogP contribution in [-0.2, 0) is 17.5 Å². The molecule has 0 saturated carbocycles. The van der Waals surface area contributed by atoms with E-state index in [0.717, 1.165) is 18.9 Å². The van der Waals surface area contributed by atoms with Crippen molar-refractivity contribution in [1.82, 2.24) is 9.80 Å². The summed E-state index contributed by atoms with van der Waals surface area (Å²) < 4.78 is 38.9. The average molecular weight is 372 g/mol. The molecule has 1 fully saturated rings. The first kappa shape index (κ1) is 20.7. The zero-order chi connectivity index (χ0) is 19.5. The Morgan fingerprint density at radius 2 is 1.88 bits per heavy atom. The summed E-state index contributed by atoms with van der Waals surface area (Å²) in [5.41, 5.74) is -1.05. The minimum Gasteiger partial charge on any atom is -0.389 e. The van der Waals surface area contributed by atoms with E-state index < -0.39 is 17.3 Å². The van der Waals surface area contributed by atoms with Gasteiger partial charge in [-0.3, -0.25) is 9.69 Å². The number of carbonyl (C=O) groups excluding carboxylic acids is 1. The number of halogens is 3. The molecule has 1 aromatic carbocycles. The molecule has 1 aliphatic heterocycles. The fraction of sp³-hybridized carbons (Fsp3) is 0.632. The second-order valence-corrected chi connectivity index (χ2v) is 7.65. The molecule has 0 radical (unpaired) electrons. The van der Waals surface area contributed by atoms with Gasteiger partial charge in [-0.15, -0.1) is 0 Å². The highest BCUT2D eigenvalue weighted by Crippen LogP contribution is 2.30. The van der Waals surface area contributed by atoms with Crippen LogP contribution >= 0.6 is 0 Å². The number of amides is 1.